The molecule has 5 heteroatoms. The summed E-state index contributed by atoms with van der Waals surface area (Å²) < 4.78 is 0. The van der Waals surface area contributed by atoms with Gasteiger partial charge in [0.15, 0.2) is 0 Å². The third-order valence-corrected chi connectivity index (χ3v) is 8.69. The van der Waals surface area contributed by atoms with E-state index in [0.717, 1.165) is 56.4 Å². The molecular weight excluding hydrogens is 356 g/mol. The molecule has 1 aliphatic heterocycles. The molecule has 4 saturated carbocycles. The van der Waals surface area contributed by atoms with Crippen LogP contribution in [0.2, 0.25) is 0 Å². The van der Waals surface area contributed by atoms with Crippen molar-refractivity contribution in [2.75, 3.05) is 6.54 Å². The van der Waals surface area contributed by atoms with Crippen LogP contribution in [0.5, 0.6) is 0 Å². The monoisotopic (exact) mass is 386 g/mol. The maximum absolute atomic E-state index is 13.7. The van der Waals surface area contributed by atoms with Gasteiger partial charge in [0, 0.05) is 11.4 Å². The maximum atomic E-state index is 13.7. The van der Waals surface area contributed by atoms with Crippen LogP contribution in [0.25, 0.3) is 0 Å². The number of thiophene rings is 1. The highest BCUT2D eigenvalue weighted by atomic mass is 32.1. The SMILES string of the molecule is C[C@@H](NC(=O)[C@H]1CCCN1C(=O)C12CC3CC(CC(C3)C1)C2)c1cccs1. The van der Waals surface area contributed by atoms with Gasteiger partial charge in [-0.2, -0.15) is 0 Å². The van der Waals surface area contributed by atoms with Crippen LogP contribution in [-0.2, 0) is 9.59 Å². The van der Waals surface area contributed by atoms with E-state index in [1.54, 1.807) is 11.3 Å². The molecule has 0 spiro atoms. The van der Waals surface area contributed by atoms with Gasteiger partial charge in [0.2, 0.25) is 11.8 Å². The van der Waals surface area contributed by atoms with Crippen LogP contribution in [0.4, 0.5) is 0 Å². The number of carbonyl (C=O) groups excluding carboxylic acids is 2. The average Bonchev–Trinajstić information content (AvgIpc) is 3.31. The normalized spacial score (nSPS) is 38.2. The van der Waals surface area contributed by atoms with Crippen LogP contribution < -0.4 is 5.32 Å². The predicted octanol–water partition coefficient (Wildman–Crippen LogP) is 4.13. The zero-order valence-corrected chi connectivity index (χ0v) is 17.0. The van der Waals surface area contributed by atoms with Crippen LogP contribution >= 0.6 is 11.3 Å². The van der Waals surface area contributed by atoms with Gasteiger partial charge in [-0.1, -0.05) is 6.07 Å². The highest BCUT2D eigenvalue weighted by molar-refractivity contribution is 7.10. The molecule has 1 saturated heterocycles. The summed E-state index contributed by atoms with van der Waals surface area (Å²) in [4.78, 5) is 29.8. The topological polar surface area (TPSA) is 49.4 Å². The summed E-state index contributed by atoms with van der Waals surface area (Å²) in [6.07, 6.45) is 9.01. The molecule has 1 N–H and O–H groups in total. The van der Waals surface area contributed by atoms with Crippen molar-refractivity contribution in [1.82, 2.24) is 10.2 Å². The third-order valence-electron chi connectivity index (χ3n) is 7.64. The minimum Gasteiger partial charge on any atom is -0.347 e. The lowest BCUT2D eigenvalue weighted by atomic mass is 9.49. The first kappa shape index (κ1) is 17.7. The Bertz CT molecular complexity index is 693. The molecule has 4 bridgehead atoms. The Morgan fingerprint density at radius 3 is 2.44 bits per heavy atom. The molecule has 2 amide bonds. The van der Waals surface area contributed by atoms with Gasteiger partial charge in [-0.25, -0.2) is 0 Å². The van der Waals surface area contributed by atoms with E-state index in [4.69, 9.17) is 0 Å². The predicted molar refractivity (Wildman–Crippen MR) is 106 cm³/mol. The van der Waals surface area contributed by atoms with Crippen LogP contribution in [0.15, 0.2) is 17.5 Å². The van der Waals surface area contributed by atoms with Crippen molar-refractivity contribution in [3.05, 3.63) is 22.4 Å². The highest BCUT2D eigenvalue weighted by Crippen LogP contribution is 2.60. The molecule has 0 unspecified atom stereocenters. The second-order valence-corrected chi connectivity index (χ2v) is 10.6. The van der Waals surface area contributed by atoms with E-state index in [9.17, 15) is 9.59 Å². The number of carbonyl (C=O) groups is 2. The lowest BCUT2D eigenvalue weighted by Crippen LogP contribution is -2.57. The molecule has 146 valence electrons. The molecule has 4 aliphatic carbocycles. The fourth-order valence-corrected chi connectivity index (χ4v) is 7.61. The van der Waals surface area contributed by atoms with Crippen LogP contribution in [0.1, 0.15) is 69.2 Å². The van der Waals surface area contributed by atoms with Gasteiger partial charge in [0.1, 0.15) is 6.04 Å². The molecule has 2 heterocycles. The molecule has 4 nitrogen and oxygen atoms in total. The summed E-state index contributed by atoms with van der Waals surface area (Å²) >= 11 is 1.67. The number of amides is 2. The van der Waals surface area contributed by atoms with E-state index in [1.807, 2.05) is 23.3 Å². The summed E-state index contributed by atoms with van der Waals surface area (Å²) in [6.45, 7) is 2.79. The molecule has 27 heavy (non-hydrogen) atoms. The second-order valence-electron chi connectivity index (χ2n) is 9.60. The fraction of sp³-hybridized carbons (Fsp3) is 0.727. The Labute approximate surface area is 165 Å². The Balaban J connectivity index is 1.31. The van der Waals surface area contributed by atoms with Crippen molar-refractivity contribution in [3.63, 3.8) is 0 Å². The first-order valence-electron chi connectivity index (χ1n) is 10.7. The minimum atomic E-state index is -0.270. The molecular formula is C22H30N2O2S. The smallest absolute Gasteiger partial charge is 0.243 e. The number of hydrogen-bond acceptors (Lipinski definition) is 3. The van der Waals surface area contributed by atoms with Gasteiger partial charge in [0.05, 0.1) is 11.5 Å². The Morgan fingerprint density at radius 2 is 1.85 bits per heavy atom. The summed E-state index contributed by atoms with van der Waals surface area (Å²) in [6, 6.07) is 3.81. The van der Waals surface area contributed by atoms with Crippen molar-refractivity contribution >= 4 is 23.2 Å². The first-order chi connectivity index (χ1) is 13.0. The Hall–Kier alpha value is -1.36. The summed E-state index contributed by atoms with van der Waals surface area (Å²) in [7, 11) is 0. The van der Waals surface area contributed by atoms with Crippen molar-refractivity contribution < 1.29 is 9.59 Å². The van der Waals surface area contributed by atoms with E-state index < -0.39 is 0 Å². The van der Waals surface area contributed by atoms with Gasteiger partial charge >= 0.3 is 0 Å². The molecule has 5 aliphatic rings. The zero-order valence-electron chi connectivity index (χ0n) is 16.2. The average molecular weight is 387 g/mol. The highest BCUT2D eigenvalue weighted by Gasteiger charge is 2.56. The van der Waals surface area contributed by atoms with E-state index in [1.165, 1.54) is 24.1 Å². The van der Waals surface area contributed by atoms with Gasteiger partial charge in [0.25, 0.3) is 0 Å². The van der Waals surface area contributed by atoms with E-state index >= 15 is 0 Å². The van der Waals surface area contributed by atoms with Crippen LogP contribution in [0, 0.1) is 23.2 Å². The van der Waals surface area contributed by atoms with Crippen LogP contribution in [-0.4, -0.2) is 29.3 Å². The van der Waals surface area contributed by atoms with Gasteiger partial charge in [-0.05, 0) is 87.5 Å². The quantitative estimate of drug-likeness (QED) is 0.846. The molecule has 2 atom stereocenters. The van der Waals surface area contributed by atoms with E-state index in [2.05, 4.69) is 11.4 Å². The molecule has 6 rings (SSSR count). The fourth-order valence-electron chi connectivity index (χ4n) is 6.88. The molecule has 0 aromatic carbocycles. The number of nitrogens with one attached hydrogen (secondary N) is 1. The lowest BCUT2D eigenvalue weighted by molar-refractivity contribution is -0.160. The van der Waals surface area contributed by atoms with E-state index in [0.29, 0.717) is 5.91 Å². The summed E-state index contributed by atoms with van der Waals surface area (Å²) in [5, 5.41) is 5.20. The van der Waals surface area contributed by atoms with Crippen molar-refractivity contribution in [1.29, 1.82) is 0 Å². The number of hydrogen-bond donors (Lipinski definition) is 1. The van der Waals surface area contributed by atoms with Gasteiger partial charge in [-0.15, -0.1) is 11.3 Å². The van der Waals surface area contributed by atoms with Crippen molar-refractivity contribution in [2.45, 2.75) is 70.4 Å². The lowest BCUT2D eigenvalue weighted by Gasteiger charge is -2.56. The van der Waals surface area contributed by atoms with Crippen LogP contribution in [0.3, 0.4) is 0 Å². The number of likely N-dealkylation sites (tertiary alicyclic amines) is 1. The second kappa shape index (κ2) is 6.61. The largest absolute Gasteiger partial charge is 0.347 e. The minimum absolute atomic E-state index is 0.00889. The molecule has 1 aromatic heterocycles. The summed E-state index contributed by atoms with van der Waals surface area (Å²) in [5.41, 5.74) is -0.142. The maximum Gasteiger partial charge on any atom is 0.243 e. The third kappa shape index (κ3) is 3.02. The zero-order chi connectivity index (χ0) is 18.6. The molecule has 1 aromatic rings. The Morgan fingerprint density at radius 1 is 1.19 bits per heavy atom. The van der Waals surface area contributed by atoms with Crippen molar-refractivity contribution in [2.24, 2.45) is 23.2 Å². The summed E-state index contributed by atoms with van der Waals surface area (Å²) in [5.74, 6) is 2.62. The first-order valence-corrected chi connectivity index (χ1v) is 11.6. The van der Waals surface area contributed by atoms with E-state index in [-0.39, 0.29) is 23.4 Å². The van der Waals surface area contributed by atoms with Crippen molar-refractivity contribution in [3.8, 4) is 0 Å². The standard InChI is InChI=1S/C22H30N2O2S/c1-14(19-5-3-7-27-19)23-20(25)18-4-2-6-24(18)21(26)22-11-15-8-16(12-22)10-17(9-15)13-22/h3,5,7,14-18H,2,4,6,8-13H2,1H3,(H,23,25)/t14-,15?,16?,17?,18-,22?/m1/s1. The number of nitrogens with zero attached hydrogens (tertiary/aromatic N) is 1. The Kier molecular flexibility index (Phi) is 4.34. The van der Waals surface area contributed by atoms with Gasteiger partial charge < -0.3 is 10.2 Å². The molecule has 5 fully saturated rings. The number of rotatable bonds is 4. The molecule has 0 radical (unpaired) electrons. The van der Waals surface area contributed by atoms with Gasteiger partial charge in [-0.3, -0.25) is 9.59 Å².